The molecule has 1 aromatic heterocycles. The van der Waals surface area contributed by atoms with Crippen molar-refractivity contribution < 1.29 is 57.8 Å². The monoisotopic (exact) mass is 831 g/mol. The summed E-state index contributed by atoms with van der Waals surface area (Å²) in [6, 6.07) is 6.61. The maximum atomic E-state index is 13.4. The van der Waals surface area contributed by atoms with Gasteiger partial charge in [-0.3, -0.25) is 9.59 Å². The molecule has 59 heavy (non-hydrogen) atoms. The van der Waals surface area contributed by atoms with E-state index in [1.54, 1.807) is 24.3 Å². The molecule has 4 rings (SSSR count). The summed E-state index contributed by atoms with van der Waals surface area (Å²) in [6.07, 6.45) is 7.57. The van der Waals surface area contributed by atoms with Crippen molar-refractivity contribution in [1.82, 2.24) is 4.98 Å². The van der Waals surface area contributed by atoms with Crippen LogP contribution in [0.3, 0.4) is 0 Å². The second-order valence-electron chi connectivity index (χ2n) is 14.0. The molecule has 2 unspecified atom stereocenters. The highest BCUT2D eigenvalue weighted by Crippen LogP contribution is 2.40. The third-order valence-electron chi connectivity index (χ3n) is 10.0. The van der Waals surface area contributed by atoms with Crippen molar-refractivity contribution in [2.24, 2.45) is 23.7 Å². The lowest BCUT2D eigenvalue weighted by Crippen LogP contribution is -2.32. The summed E-state index contributed by atoms with van der Waals surface area (Å²) in [4.78, 5) is 52.9. The van der Waals surface area contributed by atoms with Gasteiger partial charge in [-0.1, -0.05) is 19.1 Å². The number of carbonyl (C=O) groups excluding carboxylic acids is 4. The van der Waals surface area contributed by atoms with Gasteiger partial charge in [-0.05, 0) is 95.1 Å². The smallest absolute Gasteiger partial charge is 0.330 e. The topological polar surface area (TPSA) is 225 Å². The van der Waals surface area contributed by atoms with Crippen LogP contribution in [0.4, 0.5) is 0 Å². The lowest BCUT2D eigenvalue weighted by atomic mass is 9.81. The number of unbranched alkanes of at least 4 members (excludes halogenated alkanes) is 2. The maximum Gasteiger partial charge on any atom is 0.330 e. The largest absolute Gasteiger partial charge is 0.465 e. The maximum absolute atomic E-state index is 13.4. The first kappa shape index (κ1) is 46.1. The summed E-state index contributed by atoms with van der Waals surface area (Å²) in [7, 11) is 0. The Morgan fingerprint density at radius 2 is 1.29 bits per heavy atom. The van der Waals surface area contributed by atoms with Crippen molar-refractivity contribution in [2.75, 3.05) is 26.4 Å². The Hall–Kier alpha value is -5.57. The van der Waals surface area contributed by atoms with Gasteiger partial charge in [0.1, 0.15) is 33.7 Å². The highest BCUT2D eigenvalue weighted by atomic mass is 32.1. The van der Waals surface area contributed by atoms with Crippen molar-refractivity contribution in [3.05, 3.63) is 54.1 Å². The molecule has 0 saturated heterocycles. The van der Waals surface area contributed by atoms with E-state index in [0.29, 0.717) is 93.4 Å². The number of aliphatic hydroxyl groups excluding tert-OH is 2. The zero-order valence-electron chi connectivity index (χ0n) is 32.8. The number of thiazole rings is 1. The highest BCUT2D eigenvalue weighted by Gasteiger charge is 2.34. The minimum Gasteiger partial charge on any atom is -0.465 e. The van der Waals surface area contributed by atoms with Crippen LogP contribution >= 0.6 is 11.3 Å². The lowest BCUT2D eigenvalue weighted by molar-refractivity contribution is -0.152. The van der Waals surface area contributed by atoms with E-state index < -0.39 is 36.4 Å². The summed E-state index contributed by atoms with van der Waals surface area (Å²) >= 11 is 1.13. The number of aliphatic hydroxyl groups is 2. The Labute approximate surface area is 347 Å². The van der Waals surface area contributed by atoms with Gasteiger partial charge in [-0.15, -0.1) is 11.3 Å². The van der Waals surface area contributed by atoms with Gasteiger partial charge in [-0.25, -0.2) is 14.6 Å². The molecule has 2 aromatic rings. The molecule has 0 amide bonds. The van der Waals surface area contributed by atoms with Crippen LogP contribution in [0.5, 0.6) is 11.5 Å². The summed E-state index contributed by atoms with van der Waals surface area (Å²) < 4.78 is 33.3. The number of rotatable bonds is 20. The highest BCUT2D eigenvalue weighted by molar-refractivity contribution is 7.19. The number of aromatic nitrogens is 1. The molecule has 16 heteroatoms. The van der Waals surface area contributed by atoms with Crippen molar-refractivity contribution in [3.8, 4) is 35.5 Å². The number of ether oxygens (including phenoxy) is 6. The molecule has 2 aliphatic rings. The Morgan fingerprint density at radius 3 is 1.86 bits per heavy atom. The first-order valence-corrected chi connectivity index (χ1v) is 20.4. The molecule has 2 aliphatic carbocycles. The van der Waals surface area contributed by atoms with Crippen molar-refractivity contribution >= 4 is 45.4 Å². The molecule has 1 aromatic carbocycles. The molecule has 2 N–H and O–H groups in total. The van der Waals surface area contributed by atoms with Gasteiger partial charge in [0.25, 0.3) is 0 Å². The molecule has 15 nitrogen and oxygen atoms in total. The number of fused-ring (bicyclic) bond motifs is 1. The fraction of sp³-hybridized carbons (Fsp3) is 0.512. The van der Waals surface area contributed by atoms with Gasteiger partial charge < -0.3 is 38.6 Å². The molecule has 1 heterocycles. The van der Waals surface area contributed by atoms with Crippen LogP contribution in [0.15, 0.2) is 49.1 Å². The molecule has 2 fully saturated rings. The van der Waals surface area contributed by atoms with Gasteiger partial charge in [0.05, 0.1) is 31.7 Å². The molecule has 0 bridgehead atoms. The van der Waals surface area contributed by atoms with Gasteiger partial charge in [0.15, 0.2) is 23.3 Å². The number of nitrogens with zero attached hydrogens (tertiary/aromatic N) is 3. The van der Waals surface area contributed by atoms with E-state index in [4.69, 9.17) is 38.9 Å². The van der Waals surface area contributed by atoms with Crippen LogP contribution in [-0.2, 0) is 38.1 Å². The fourth-order valence-electron chi connectivity index (χ4n) is 6.65. The summed E-state index contributed by atoms with van der Waals surface area (Å²) in [6.45, 7) is 7.67. The second kappa shape index (κ2) is 24.4. The minimum atomic E-state index is -1.22. The van der Waals surface area contributed by atoms with Crippen LogP contribution in [0.1, 0.15) is 82.1 Å². The number of allylic oxidation sites excluding steroid dienone is 2. The lowest BCUT2D eigenvalue weighted by Gasteiger charge is -2.30. The van der Waals surface area contributed by atoms with Gasteiger partial charge >= 0.3 is 23.9 Å². The molecule has 0 aliphatic heterocycles. The third-order valence-corrected chi connectivity index (χ3v) is 11.0. The fourth-order valence-corrected chi connectivity index (χ4v) is 7.55. The number of nitriles is 2. The molecule has 0 radical (unpaired) electrons. The predicted octanol–water partition coefficient (Wildman–Crippen LogP) is 5.73. The molecule has 2 saturated carbocycles. The number of hydrogen-bond acceptors (Lipinski definition) is 16. The molecule has 314 valence electrons. The van der Waals surface area contributed by atoms with E-state index in [2.05, 4.69) is 30.0 Å². The van der Waals surface area contributed by atoms with Crippen molar-refractivity contribution in [3.63, 3.8) is 0 Å². The summed E-state index contributed by atoms with van der Waals surface area (Å²) in [5.41, 5.74) is 0.105. The first-order chi connectivity index (χ1) is 28.6. The third kappa shape index (κ3) is 14.6. The number of carbonyl (C=O) groups is 4. The van der Waals surface area contributed by atoms with E-state index in [-0.39, 0.29) is 66.1 Å². The van der Waals surface area contributed by atoms with E-state index >= 15 is 0 Å². The first-order valence-electron chi connectivity index (χ1n) is 19.6. The Bertz CT molecular complexity index is 1950. The minimum absolute atomic E-state index is 0.148. The van der Waals surface area contributed by atoms with Crippen LogP contribution < -0.4 is 9.47 Å². The molecule has 2 atom stereocenters. The zero-order chi connectivity index (χ0) is 42.6. The van der Waals surface area contributed by atoms with Gasteiger partial charge in [-0.2, -0.15) is 10.5 Å². The van der Waals surface area contributed by atoms with E-state index in [1.807, 2.05) is 0 Å². The van der Waals surface area contributed by atoms with Gasteiger partial charge in [0, 0.05) is 36.7 Å². The van der Waals surface area contributed by atoms with Crippen LogP contribution in [0.2, 0.25) is 0 Å². The van der Waals surface area contributed by atoms with Crippen LogP contribution in [-0.4, -0.2) is 78.1 Å². The van der Waals surface area contributed by atoms with E-state index in [0.717, 1.165) is 23.5 Å². The van der Waals surface area contributed by atoms with Crippen molar-refractivity contribution in [2.45, 2.75) is 89.6 Å². The summed E-state index contributed by atoms with van der Waals surface area (Å²) in [5, 5.41) is 40.2. The van der Waals surface area contributed by atoms with Gasteiger partial charge in [0.2, 0.25) is 0 Å². The average Bonchev–Trinajstić information content (AvgIpc) is 3.70. The number of hydrogen-bond donors (Lipinski definition) is 2. The molecular weight excluding hydrogens is 783 g/mol. The zero-order valence-corrected chi connectivity index (χ0v) is 33.6. The van der Waals surface area contributed by atoms with Crippen molar-refractivity contribution in [1.29, 1.82) is 10.5 Å². The number of esters is 4. The molecule has 0 spiro atoms. The number of benzene rings is 1. The Balaban J connectivity index is 1.34. The standard InChI is InChI=1S/C43H49N3O12S/c1-3-36(47)53-22-5-7-24-55-40(49)29-12-16-31(17-13-29)42(51)57-33-20-21-34(39-38(33)46-35(59-39)11-9-10-28(26-44)27-45)58-43(52)32-18-14-30(15-19-32)41(50)56-25-8-6-23-54-37(48)4-2/h3-4,10,20-21,29-32,40,43,49,52H,1-2,5-8,12-19,22-25H2. The van der Waals surface area contributed by atoms with E-state index in [1.165, 1.54) is 6.08 Å². The van der Waals surface area contributed by atoms with Crippen LogP contribution in [0.25, 0.3) is 10.2 Å². The Morgan fingerprint density at radius 1 is 0.763 bits per heavy atom. The summed E-state index contributed by atoms with van der Waals surface area (Å²) in [5.74, 6) is 3.03. The Kier molecular flexibility index (Phi) is 19.1. The molecular formula is C43H49N3O12S. The average molecular weight is 832 g/mol. The van der Waals surface area contributed by atoms with Crippen LogP contribution in [0, 0.1) is 58.2 Å². The second-order valence-corrected chi connectivity index (χ2v) is 15.0. The van der Waals surface area contributed by atoms with E-state index in [9.17, 15) is 29.4 Å². The quantitative estimate of drug-likeness (QED) is 0.0237. The normalized spacial score (nSPS) is 19.5. The SMILES string of the molecule is C=CC(=O)OCCCCOC(=O)C1CCC(C(O)Oc2ccc(OC(=O)C3CCC(C(O)OCCCCOC(=O)C=C)CC3)c3nc(C#CC=C(C#N)C#N)sc23)CC1. The predicted molar refractivity (Wildman–Crippen MR) is 213 cm³/mol.